The summed E-state index contributed by atoms with van der Waals surface area (Å²) >= 11 is 0. The third-order valence-corrected chi connectivity index (χ3v) is 6.12. The van der Waals surface area contributed by atoms with Crippen LogP contribution in [0.25, 0.3) is 17.0 Å². The monoisotopic (exact) mass is 433 g/mol. The Kier molecular flexibility index (Phi) is 6.46. The number of rotatable bonds is 8. The topological polar surface area (TPSA) is 88.6 Å². The second-order valence-electron chi connectivity index (χ2n) is 9.21. The van der Waals surface area contributed by atoms with Gasteiger partial charge in [-0.05, 0) is 67.5 Å². The van der Waals surface area contributed by atoms with Gasteiger partial charge in [0.25, 0.3) is 5.91 Å². The molecule has 0 saturated heterocycles. The van der Waals surface area contributed by atoms with Crippen LogP contribution in [0, 0.1) is 0 Å². The Morgan fingerprint density at radius 2 is 2.09 bits per heavy atom. The van der Waals surface area contributed by atoms with E-state index < -0.39 is 11.5 Å². The highest BCUT2D eigenvalue weighted by molar-refractivity contribution is 5.90. The summed E-state index contributed by atoms with van der Waals surface area (Å²) in [6, 6.07) is 14.8. The number of aryl methyl sites for hydroxylation is 1. The lowest BCUT2D eigenvalue weighted by molar-refractivity contribution is -0.124. The molecule has 6 nitrogen and oxygen atoms in total. The third kappa shape index (κ3) is 5.10. The number of hydrogen-bond donors (Lipinski definition) is 4. The van der Waals surface area contributed by atoms with Gasteiger partial charge >= 0.3 is 0 Å². The number of benzene rings is 2. The summed E-state index contributed by atoms with van der Waals surface area (Å²) in [6.07, 6.45) is 7.98. The van der Waals surface area contributed by atoms with E-state index in [1.54, 1.807) is 11.6 Å². The number of amides is 1. The fraction of sp³-hybridized carbons (Fsp3) is 0.346. The molecule has 1 atom stereocenters. The van der Waals surface area contributed by atoms with Gasteiger partial charge in [0, 0.05) is 42.3 Å². The van der Waals surface area contributed by atoms with Crippen LogP contribution in [0.3, 0.4) is 0 Å². The molecule has 168 valence electrons. The first kappa shape index (κ1) is 22.3. The van der Waals surface area contributed by atoms with E-state index in [1.165, 1.54) is 28.2 Å². The fourth-order valence-corrected chi connectivity index (χ4v) is 4.75. The lowest BCUT2D eigenvalue weighted by atomic mass is 10.0. The highest BCUT2D eigenvalue weighted by atomic mass is 16.5. The first-order valence-corrected chi connectivity index (χ1v) is 11.1. The maximum atomic E-state index is 11.3. The molecule has 0 radical (unpaired) electrons. The first-order chi connectivity index (χ1) is 15.3. The van der Waals surface area contributed by atoms with E-state index in [4.69, 9.17) is 5.21 Å². The van der Waals surface area contributed by atoms with Crippen LogP contribution in [-0.2, 0) is 17.6 Å². The van der Waals surface area contributed by atoms with Gasteiger partial charge in [-0.2, -0.15) is 0 Å². The van der Waals surface area contributed by atoms with Crippen molar-refractivity contribution in [2.75, 3.05) is 13.1 Å². The molecule has 1 aliphatic rings. The molecule has 0 saturated carbocycles. The van der Waals surface area contributed by atoms with E-state index in [2.05, 4.69) is 46.4 Å². The van der Waals surface area contributed by atoms with Gasteiger partial charge in [-0.25, -0.2) is 5.48 Å². The molecule has 1 amide bonds. The summed E-state index contributed by atoms with van der Waals surface area (Å²) in [5.74, 6) is -0.544. The van der Waals surface area contributed by atoms with Crippen molar-refractivity contribution in [2.24, 2.45) is 0 Å². The number of hydroxylamine groups is 1. The number of nitrogens with one attached hydrogen (secondary N) is 2. The van der Waals surface area contributed by atoms with E-state index in [0.717, 1.165) is 36.9 Å². The molecule has 2 aromatic carbocycles. The summed E-state index contributed by atoms with van der Waals surface area (Å²) in [5, 5.41) is 20.5. The van der Waals surface area contributed by atoms with Gasteiger partial charge in [0.1, 0.15) is 0 Å². The van der Waals surface area contributed by atoms with Gasteiger partial charge < -0.3 is 10.1 Å². The van der Waals surface area contributed by atoms with Gasteiger partial charge in [0.05, 0.1) is 5.60 Å². The molecule has 0 spiro atoms. The molecule has 1 unspecified atom stereocenters. The number of para-hydroxylation sites is 1. The summed E-state index contributed by atoms with van der Waals surface area (Å²) in [5.41, 5.74) is 6.76. The molecular weight excluding hydrogens is 402 g/mol. The lowest BCUT2D eigenvalue weighted by Gasteiger charge is -2.34. The second kappa shape index (κ2) is 9.28. The van der Waals surface area contributed by atoms with Crippen molar-refractivity contribution in [3.05, 3.63) is 77.0 Å². The molecule has 0 fully saturated rings. The van der Waals surface area contributed by atoms with Gasteiger partial charge in [0.15, 0.2) is 0 Å². The van der Waals surface area contributed by atoms with Crippen molar-refractivity contribution >= 4 is 22.9 Å². The minimum absolute atomic E-state index is 0.250. The van der Waals surface area contributed by atoms with Gasteiger partial charge in [-0.1, -0.05) is 36.4 Å². The van der Waals surface area contributed by atoms with E-state index in [1.807, 2.05) is 26.0 Å². The van der Waals surface area contributed by atoms with Crippen LogP contribution in [0.15, 0.2) is 54.7 Å². The smallest absolute Gasteiger partial charge is 0.267 e. The number of aliphatic hydroxyl groups is 1. The van der Waals surface area contributed by atoms with Crippen molar-refractivity contribution < 1.29 is 15.1 Å². The quantitative estimate of drug-likeness (QED) is 0.246. The maximum Gasteiger partial charge on any atom is 0.267 e. The molecule has 0 bridgehead atoms. The second-order valence-corrected chi connectivity index (χ2v) is 9.21. The van der Waals surface area contributed by atoms with E-state index in [-0.39, 0.29) is 6.04 Å². The molecule has 4 N–H and O–H groups in total. The SMILES string of the molecule is CC(C)(O)CN(CCc1c[nH]c2ccccc12)C1CCc2cc(/C=C/C(=O)NO)ccc21. The number of hydrogen-bond acceptors (Lipinski definition) is 4. The molecular formula is C26H31N3O3. The number of aromatic amines is 1. The molecule has 4 rings (SSSR count). The van der Waals surface area contributed by atoms with Crippen LogP contribution >= 0.6 is 0 Å². The van der Waals surface area contributed by atoms with Crippen molar-refractivity contribution in [1.82, 2.24) is 15.4 Å². The number of fused-ring (bicyclic) bond motifs is 2. The minimum Gasteiger partial charge on any atom is -0.389 e. The number of H-pyrrole nitrogens is 1. The predicted octanol–water partition coefficient (Wildman–Crippen LogP) is 3.99. The van der Waals surface area contributed by atoms with Crippen LogP contribution < -0.4 is 5.48 Å². The van der Waals surface area contributed by atoms with Crippen LogP contribution in [0.4, 0.5) is 0 Å². The minimum atomic E-state index is -0.788. The van der Waals surface area contributed by atoms with Crippen LogP contribution in [0.1, 0.15) is 48.6 Å². The fourth-order valence-electron chi connectivity index (χ4n) is 4.75. The van der Waals surface area contributed by atoms with E-state index in [9.17, 15) is 9.90 Å². The number of aromatic nitrogens is 1. The molecule has 0 aliphatic heterocycles. The Balaban J connectivity index is 1.54. The average molecular weight is 434 g/mol. The maximum absolute atomic E-state index is 11.3. The largest absolute Gasteiger partial charge is 0.389 e. The molecule has 1 heterocycles. The molecule has 6 heteroatoms. The van der Waals surface area contributed by atoms with E-state index in [0.29, 0.717) is 6.54 Å². The number of carbonyl (C=O) groups is 1. The molecule has 3 aromatic rings. The Morgan fingerprint density at radius 1 is 1.28 bits per heavy atom. The Bertz CT molecular complexity index is 1130. The summed E-state index contributed by atoms with van der Waals surface area (Å²) < 4.78 is 0. The van der Waals surface area contributed by atoms with Crippen LogP contribution in [0.5, 0.6) is 0 Å². The zero-order chi connectivity index (χ0) is 22.7. The third-order valence-electron chi connectivity index (χ3n) is 6.12. The Hall–Kier alpha value is -2.93. The van der Waals surface area contributed by atoms with E-state index >= 15 is 0 Å². The highest BCUT2D eigenvalue weighted by Crippen LogP contribution is 2.37. The summed E-state index contributed by atoms with van der Waals surface area (Å²) in [4.78, 5) is 17.0. The molecule has 32 heavy (non-hydrogen) atoms. The number of nitrogens with zero attached hydrogens (tertiary/aromatic N) is 1. The van der Waals surface area contributed by atoms with Gasteiger partial charge in [-0.3, -0.25) is 14.9 Å². The van der Waals surface area contributed by atoms with Gasteiger partial charge in [-0.15, -0.1) is 0 Å². The zero-order valence-corrected chi connectivity index (χ0v) is 18.6. The Labute approximate surface area is 188 Å². The van der Waals surface area contributed by atoms with Crippen molar-refractivity contribution in [3.63, 3.8) is 0 Å². The van der Waals surface area contributed by atoms with Crippen molar-refractivity contribution in [1.29, 1.82) is 0 Å². The zero-order valence-electron chi connectivity index (χ0n) is 18.6. The number of carbonyl (C=O) groups excluding carboxylic acids is 1. The molecule has 1 aliphatic carbocycles. The normalized spacial score (nSPS) is 16.2. The predicted molar refractivity (Wildman–Crippen MR) is 126 cm³/mol. The standard InChI is InChI=1S/C26H31N3O3/c1-26(2,31)17-29(14-13-20-16-27-23-6-4-3-5-21(20)23)24-11-9-19-15-18(7-10-22(19)24)8-12-25(30)28-32/h3-8,10,12,15-16,24,27,31-32H,9,11,13-14,17H2,1-2H3,(H,28,30)/b12-8+. The van der Waals surface area contributed by atoms with Crippen LogP contribution in [-0.4, -0.2) is 44.8 Å². The highest BCUT2D eigenvalue weighted by Gasteiger charge is 2.31. The average Bonchev–Trinajstić information content (AvgIpc) is 3.38. The summed E-state index contributed by atoms with van der Waals surface area (Å²) in [7, 11) is 0. The van der Waals surface area contributed by atoms with Crippen LogP contribution in [0.2, 0.25) is 0 Å². The molecule has 1 aromatic heterocycles. The van der Waals surface area contributed by atoms with Crippen molar-refractivity contribution in [3.8, 4) is 0 Å². The van der Waals surface area contributed by atoms with Gasteiger partial charge in [0.2, 0.25) is 0 Å². The summed E-state index contributed by atoms with van der Waals surface area (Å²) in [6.45, 7) is 5.18. The lowest BCUT2D eigenvalue weighted by Crippen LogP contribution is -2.41. The van der Waals surface area contributed by atoms with Crippen molar-refractivity contribution in [2.45, 2.75) is 44.8 Å². The Morgan fingerprint density at radius 3 is 2.88 bits per heavy atom. The first-order valence-electron chi connectivity index (χ1n) is 11.1.